The standard InChI is InChI=1S/C21H22FN5O2/c1-14-11-27(13-25-14)18-20(29-2)26-17(10-23-18)19(28)24-12-21(8-3-9-21)15-4-6-16(22)7-5-15/h4-7,10-11,13H,3,8-9,12H2,1-2H3,(H,24,28). The van der Waals surface area contributed by atoms with Crippen LogP contribution in [-0.4, -0.2) is 39.1 Å². The highest BCUT2D eigenvalue weighted by molar-refractivity contribution is 5.92. The van der Waals surface area contributed by atoms with Gasteiger partial charge in [0.2, 0.25) is 5.82 Å². The van der Waals surface area contributed by atoms with Crippen LogP contribution in [0.3, 0.4) is 0 Å². The molecule has 1 fully saturated rings. The van der Waals surface area contributed by atoms with Crippen molar-refractivity contribution in [2.24, 2.45) is 0 Å². The van der Waals surface area contributed by atoms with Gasteiger partial charge in [-0.05, 0) is 37.5 Å². The third-order valence-electron chi connectivity index (χ3n) is 5.46. The van der Waals surface area contributed by atoms with Gasteiger partial charge in [0.15, 0.2) is 5.69 Å². The Balaban J connectivity index is 1.50. The third-order valence-corrected chi connectivity index (χ3v) is 5.46. The van der Waals surface area contributed by atoms with Gasteiger partial charge in [-0.25, -0.2) is 19.3 Å². The maximum Gasteiger partial charge on any atom is 0.271 e. The second-order valence-electron chi connectivity index (χ2n) is 7.33. The highest BCUT2D eigenvalue weighted by atomic mass is 19.1. The number of methoxy groups -OCH3 is 1. The predicted molar refractivity (Wildman–Crippen MR) is 105 cm³/mol. The Morgan fingerprint density at radius 3 is 2.62 bits per heavy atom. The summed E-state index contributed by atoms with van der Waals surface area (Å²) < 4.78 is 20.3. The van der Waals surface area contributed by atoms with Crippen molar-refractivity contribution in [1.29, 1.82) is 0 Å². The fourth-order valence-electron chi connectivity index (χ4n) is 3.64. The Bertz CT molecular complexity index is 1030. The molecule has 7 nitrogen and oxygen atoms in total. The summed E-state index contributed by atoms with van der Waals surface area (Å²) in [7, 11) is 1.48. The van der Waals surface area contributed by atoms with E-state index in [-0.39, 0.29) is 28.7 Å². The molecule has 0 saturated heterocycles. The fraction of sp³-hybridized carbons (Fsp3) is 0.333. The molecule has 0 aliphatic heterocycles. The average Bonchev–Trinajstić information content (AvgIpc) is 3.13. The van der Waals surface area contributed by atoms with Crippen molar-refractivity contribution < 1.29 is 13.9 Å². The zero-order valence-electron chi connectivity index (χ0n) is 16.4. The Labute approximate surface area is 168 Å². The van der Waals surface area contributed by atoms with Crippen LogP contribution in [0.15, 0.2) is 43.0 Å². The first-order chi connectivity index (χ1) is 14.0. The van der Waals surface area contributed by atoms with E-state index in [4.69, 9.17) is 4.74 Å². The summed E-state index contributed by atoms with van der Waals surface area (Å²) in [6, 6.07) is 6.52. The van der Waals surface area contributed by atoms with Crippen molar-refractivity contribution >= 4 is 5.91 Å². The van der Waals surface area contributed by atoms with Crippen molar-refractivity contribution in [2.45, 2.75) is 31.6 Å². The number of nitrogens with one attached hydrogen (secondary N) is 1. The normalized spacial score (nSPS) is 14.9. The summed E-state index contributed by atoms with van der Waals surface area (Å²) >= 11 is 0. The van der Waals surface area contributed by atoms with Gasteiger partial charge in [-0.3, -0.25) is 9.36 Å². The van der Waals surface area contributed by atoms with Gasteiger partial charge in [-0.2, -0.15) is 0 Å². The van der Waals surface area contributed by atoms with Crippen molar-refractivity contribution in [3.8, 4) is 11.7 Å². The minimum absolute atomic E-state index is 0.158. The summed E-state index contributed by atoms with van der Waals surface area (Å²) in [5.41, 5.74) is 1.90. The Kier molecular flexibility index (Phi) is 5.00. The smallest absolute Gasteiger partial charge is 0.271 e. The Morgan fingerprint density at radius 2 is 2.03 bits per heavy atom. The number of hydrogen-bond acceptors (Lipinski definition) is 5. The van der Waals surface area contributed by atoms with Gasteiger partial charge in [-0.1, -0.05) is 18.6 Å². The number of halogens is 1. The van der Waals surface area contributed by atoms with Gasteiger partial charge >= 0.3 is 0 Å². The fourth-order valence-corrected chi connectivity index (χ4v) is 3.64. The first-order valence-corrected chi connectivity index (χ1v) is 9.47. The van der Waals surface area contributed by atoms with E-state index in [1.54, 1.807) is 29.2 Å². The van der Waals surface area contributed by atoms with Crippen LogP contribution < -0.4 is 10.1 Å². The number of aromatic nitrogens is 4. The number of amides is 1. The van der Waals surface area contributed by atoms with Gasteiger partial charge < -0.3 is 10.1 Å². The topological polar surface area (TPSA) is 81.9 Å². The molecule has 2 aromatic heterocycles. The molecule has 29 heavy (non-hydrogen) atoms. The molecule has 1 aliphatic carbocycles. The number of hydrogen-bond donors (Lipinski definition) is 1. The molecule has 4 rings (SSSR count). The molecule has 0 radical (unpaired) electrons. The van der Waals surface area contributed by atoms with Crippen LogP contribution in [0.5, 0.6) is 5.88 Å². The molecule has 1 aliphatic rings. The highest BCUT2D eigenvalue weighted by Crippen LogP contribution is 2.43. The lowest BCUT2D eigenvalue weighted by Crippen LogP contribution is -2.45. The number of imidazole rings is 1. The molecule has 2 heterocycles. The molecule has 0 atom stereocenters. The van der Waals surface area contributed by atoms with Gasteiger partial charge in [0, 0.05) is 18.2 Å². The van der Waals surface area contributed by atoms with Gasteiger partial charge in [0.05, 0.1) is 19.0 Å². The number of rotatable bonds is 6. The number of benzene rings is 1. The number of carbonyl (C=O) groups is 1. The number of carbonyl (C=O) groups excluding carboxylic acids is 1. The molecule has 0 bridgehead atoms. The van der Waals surface area contributed by atoms with E-state index in [0.717, 1.165) is 30.5 Å². The second-order valence-corrected chi connectivity index (χ2v) is 7.33. The lowest BCUT2D eigenvalue weighted by molar-refractivity contribution is 0.0921. The SMILES string of the molecule is COc1nc(C(=O)NCC2(c3ccc(F)cc3)CCC2)cnc1-n1cnc(C)c1. The van der Waals surface area contributed by atoms with E-state index in [0.29, 0.717) is 12.4 Å². The molecule has 0 spiro atoms. The lowest BCUT2D eigenvalue weighted by atomic mass is 9.64. The van der Waals surface area contributed by atoms with E-state index in [9.17, 15) is 9.18 Å². The molecule has 150 valence electrons. The molecule has 1 amide bonds. The average molecular weight is 395 g/mol. The molecule has 8 heteroatoms. The summed E-state index contributed by atoms with van der Waals surface area (Å²) in [6.45, 7) is 2.33. The molecule has 3 aromatic rings. The maximum absolute atomic E-state index is 13.3. The zero-order chi connectivity index (χ0) is 20.4. The summed E-state index contributed by atoms with van der Waals surface area (Å²) in [6.07, 6.45) is 7.83. The molecule has 1 saturated carbocycles. The first kappa shape index (κ1) is 19.0. The van der Waals surface area contributed by atoms with Crippen LogP contribution in [0.4, 0.5) is 4.39 Å². The van der Waals surface area contributed by atoms with Crippen LogP contribution in [0, 0.1) is 12.7 Å². The van der Waals surface area contributed by atoms with Crippen molar-refractivity contribution in [1.82, 2.24) is 24.8 Å². The number of nitrogens with zero attached hydrogens (tertiary/aromatic N) is 4. The number of ether oxygens (including phenoxy) is 1. The van der Waals surface area contributed by atoms with Gasteiger partial charge in [-0.15, -0.1) is 0 Å². The first-order valence-electron chi connectivity index (χ1n) is 9.47. The van der Waals surface area contributed by atoms with Crippen LogP contribution in [-0.2, 0) is 5.41 Å². The Morgan fingerprint density at radius 1 is 1.28 bits per heavy atom. The summed E-state index contributed by atoms with van der Waals surface area (Å²) in [4.78, 5) is 25.5. The Hall–Kier alpha value is -3.29. The molecular weight excluding hydrogens is 373 g/mol. The molecular formula is C21H22FN5O2. The van der Waals surface area contributed by atoms with Gasteiger partial charge in [0.25, 0.3) is 11.8 Å². The quantitative estimate of drug-likeness (QED) is 0.694. The van der Waals surface area contributed by atoms with Crippen LogP contribution in [0.25, 0.3) is 5.82 Å². The number of aryl methyl sites for hydroxylation is 1. The monoisotopic (exact) mass is 395 g/mol. The van der Waals surface area contributed by atoms with E-state index in [2.05, 4.69) is 20.3 Å². The van der Waals surface area contributed by atoms with E-state index >= 15 is 0 Å². The van der Waals surface area contributed by atoms with Crippen molar-refractivity contribution in [3.63, 3.8) is 0 Å². The molecule has 1 aromatic carbocycles. The van der Waals surface area contributed by atoms with Crippen LogP contribution in [0.2, 0.25) is 0 Å². The minimum atomic E-state index is -0.322. The molecule has 1 N–H and O–H groups in total. The highest BCUT2D eigenvalue weighted by Gasteiger charge is 2.39. The molecule has 0 unspecified atom stereocenters. The third kappa shape index (κ3) is 3.70. The van der Waals surface area contributed by atoms with E-state index in [1.807, 2.05) is 6.92 Å². The second kappa shape index (κ2) is 7.62. The lowest BCUT2D eigenvalue weighted by Gasteiger charge is -2.42. The van der Waals surface area contributed by atoms with Crippen LogP contribution in [0.1, 0.15) is 41.0 Å². The van der Waals surface area contributed by atoms with Crippen molar-refractivity contribution in [3.05, 3.63) is 65.8 Å². The summed E-state index contributed by atoms with van der Waals surface area (Å²) in [5.74, 6) is 0.124. The maximum atomic E-state index is 13.3. The summed E-state index contributed by atoms with van der Waals surface area (Å²) in [5, 5.41) is 2.96. The minimum Gasteiger partial charge on any atom is -0.478 e. The largest absolute Gasteiger partial charge is 0.478 e. The van der Waals surface area contributed by atoms with Crippen molar-refractivity contribution in [2.75, 3.05) is 13.7 Å². The van der Waals surface area contributed by atoms with Crippen LogP contribution >= 0.6 is 0 Å². The zero-order valence-corrected chi connectivity index (χ0v) is 16.4. The van der Waals surface area contributed by atoms with E-state index in [1.165, 1.54) is 25.4 Å². The van der Waals surface area contributed by atoms with Gasteiger partial charge in [0.1, 0.15) is 12.1 Å². The van der Waals surface area contributed by atoms with E-state index < -0.39 is 0 Å². The predicted octanol–water partition coefficient (Wildman–Crippen LogP) is 2.97.